The Hall–Kier alpha value is -1.66. The van der Waals surface area contributed by atoms with Gasteiger partial charge in [-0.1, -0.05) is 12.1 Å². The summed E-state index contributed by atoms with van der Waals surface area (Å²) in [5, 5.41) is 9.62. The fourth-order valence-corrected chi connectivity index (χ4v) is 3.59. The van der Waals surface area contributed by atoms with Gasteiger partial charge in [0.1, 0.15) is 5.41 Å². The first-order chi connectivity index (χ1) is 10.6. The van der Waals surface area contributed by atoms with E-state index in [-0.39, 0.29) is 24.1 Å². The Bertz CT molecular complexity index is 579. The number of carbonyl (C=O) groups is 1. The van der Waals surface area contributed by atoms with Gasteiger partial charge in [-0.05, 0) is 18.4 Å². The van der Waals surface area contributed by atoms with Gasteiger partial charge in [0.2, 0.25) is 0 Å². The molecule has 0 bridgehead atoms. The smallest absolute Gasteiger partial charge is 0.313 e. The van der Waals surface area contributed by atoms with Crippen molar-refractivity contribution in [2.75, 3.05) is 33.4 Å². The second kappa shape index (κ2) is 5.85. The van der Waals surface area contributed by atoms with E-state index in [0.29, 0.717) is 31.8 Å². The highest BCUT2D eigenvalue weighted by molar-refractivity contribution is 5.76. The molecule has 3 rings (SSSR count). The maximum absolute atomic E-state index is 14.3. The predicted molar refractivity (Wildman–Crippen MR) is 77.2 cm³/mol. The van der Waals surface area contributed by atoms with Crippen molar-refractivity contribution in [3.05, 3.63) is 29.6 Å². The minimum Gasteiger partial charge on any atom is -0.494 e. The van der Waals surface area contributed by atoms with Gasteiger partial charge >= 0.3 is 5.97 Å². The molecule has 1 aromatic carbocycles. The lowest BCUT2D eigenvalue weighted by Crippen LogP contribution is -2.46. The zero-order chi connectivity index (χ0) is 15.7. The maximum atomic E-state index is 14.3. The van der Waals surface area contributed by atoms with Crippen LogP contribution in [0.15, 0.2) is 18.2 Å². The molecule has 0 unspecified atom stereocenters. The number of nitrogens with zero attached hydrogens (tertiary/aromatic N) is 1. The molecular formula is C16H20FNO4. The van der Waals surface area contributed by atoms with Gasteiger partial charge in [-0.3, -0.25) is 9.69 Å². The van der Waals surface area contributed by atoms with Gasteiger partial charge in [0.25, 0.3) is 0 Å². The van der Waals surface area contributed by atoms with Gasteiger partial charge in [0, 0.05) is 31.8 Å². The molecule has 0 spiro atoms. The highest BCUT2D eigenvalue weighted by atomic mass is 19.1. The zero-order valence-electron chi connectivity index (χ0n) is 12.5. The summed E-state index contributed by atoms with van der Waals surface area (Å²) in [6, 6.07) is 5.04. The van der Waals surface area contributed by atoms with Gasteiger partial charge in [-0.25, -0.2) is 4.39 Å². The van der Waals surface area contributed by atoms with Crippen LogP contribution in [0.4, 0.5) is 4.39 Å². The maximum Gasteiger partial charge on any atom is 0.313 e. The highest BCUT2D eigenvalue weighted by Gasteiger charge is 2.54. The number of methoxy groups -OCH3 is 1. The number of carboxylic acid groups (broad SMARTS) is 1. The van der Waals surface area contributed by atoms with Crippen LogP contribution in [0.1, 0.15) is 12.0 Å². The molecular weight excluding hydrogens is 289 g/mol. The summed E-state index contributed by atoms with van der Waals surface area (Å²) in [6.07, 6.45) is 0.739. The number of aliphatic carboxylic acids is 1. The van der Waals surface area contributed by atoms with Crippen molar-refractivity contribution >= 4 is 5.97 Å². The standard InChI is InChI=1S/C16H20FNO4/c1-21-13-4-2-3-11(14(13)17)7-18-8-12-5-6-22-10-16(12,9-18)15(19)20/h2-4,12H,5-10H2,1H3,(H,19,20)/t12-,16+/m0/s1. The van der Waals surface area contributed by atoms with Crippen molar-refractivity contribution in [2.45, 2.75) is 13.0 Å². The van der Waals surface area contributed by atoms with E-state index in [9.17, 15) is 14.3 Å². The first-order valence-electron chi connectivity index (χ1n) is 7.41. The second-order valence-corrected chi connectivity index (χ2v) is 6.10. The van der Waals surface area contributed by atoms with E-state index < -0.39 is 11.4 Å². The minimum atomic E-state index is -0.854. The molecule has 1 aromatic rings. The molecule has 2 aliphatic heterocycles. The zero-order valence-corrected chi connectivity index (χ0v) is 12.5. The number of carboxylic acids is 1. The first kappa shape index (κ1) is 15.2. The van der Waals surface area contributed by atoms with E-state index >= 15 is 0 Å². The fourth-order valence-electron chi connectivity index (χ4n) is 3.59. The minimum absolute atomic E-state index is 0.0624. The predicted octanol–water partition coefficient (Wildman–Crippen LogP) is 1.76. The van der Waals surface area contributed by atoms with E-state index in [1.54, 1.807) is 18.2 Å². The molecule has 0 amide bonds. The summed E-state index contributed by atoms with van der Waals surface area (Å²) < 4.78 is 24.7. The average Bonchev–Trinajstić information content (AvgIpc) is 2.89. The molecule has 5 nitrogen and oxygen atoms in total. The lowest BCUT2D eigenvalue weighted by Gasteiger charge is -2.34. The average molecular weight is 309 g/mol. The molecule has 6 heteroatoms. The van der Waals surface area contributed by atoms with Crippen molar-refractivity contribution in [3.8, 4) is 5.75 Å². The Balaban J connectivity index is 1.79. The molecule has 0 aliphatic carbocycles. The number of hydrogen-bond acceptors (Lipinski definition) is 4. The SMILES string of the molecule is COc1cccc(CN2C[C@@H]3CCOC[C@]3(C(=O)O)C2)c1F. The van der Waals surface area contributed by atoms with Crippen molar-refractivity contribution in [1.29, 1.82) is 0 Å². The first-order valence-corrected chi connectivity index (χ1v) is 7.41. The topological polar surface area (TPSA) is 59.0 Å². The Kier molecular flexibility index (Phi) is 4.06. The largest absolute Gasteiger partial charge is 0.494 e. The third kappa shape index (κ3) is 2.46. The fraction of sp³-hybridized carbons (Fsp3) is 0.562. The molecule has 2 fully saturated rings. The third-order valence-corrected chi connectivity index (χ3v) is 4.82. The molecule has 120 valence electrons. The summed E-state index contributed by atoms with van der Waals surface area (Å²) in [5.74, 6) is -0.913. The highest BCUT2D eigenvalue weighted by Crippen LogP contribution is 2.42. The number of ether oxygens (including phenoxy) is 2. The third-order valence-electron chi connectivity index (χ3n) is 4.82. The number of fused-ring (bicyclic) bond motifs is 1. The van der Waals surface area contributed by atoms with Gasteiger partial charge < -0.3 is 14.6 Å². The Labute approximate surface area is 128 Å². The van der Waals surface area contributed by atoms with Crippen LogP contribution in [0.2, 0.25) is 0 Å². The van der Waals surface area contributed by atoms with Gasteiger partial charge in [0.05, 0.1) is 13.7 Å². The Morgan fingerprint density at radius 1 is 1.59 bits per heavy atom. The number of benzene rings is 1. The van der Waals surface area contributed by atoms with E-state index in [2.05, 4.69) is 0 Å². The van der Waals surface area contributed by atoms with Gasteiger partial charge in [0.15, 0.2) is 11.6 Å². The van der Waals surface area contributed by atoms with Crippen LogP contribution < -0.4 is 4.74 Å². The van der Waals surface area contributed by atoms with Crippen LogP contribution in [0.3, 0.4) is 0 Å². The van der Waals surface area contributed by atoms with Crippen LogP contribution >= 0.6 is 0 Å². The van der Waals surface area contributed by atoms with E-state index in [1.807, 2.05) is 4.90 Å². The number of rotatable bonds is 4. The molecule has 0 aromatic heterocycles. The molecule has 0 radical (unpaired) electrons. The quantitative estimate of drug-likeness (QED) is 0.918. The molecule has 2 saturated heterocycles. The van der Waals surface area contributed by atoms with Gasteiger partial charge in [-0.15, -0.1) is 0 Å². The normalized spacial score (nSPS) is 28.4. The summed E-state index contributed by atoms with van der Waals surface area (Å²) >= 11 is 0. The van der Waals surface area contributed by atoms with Crippen molar-refractivity contribution < 1.29 is 23.8 Å². The number of hydrogen-bond donors (Lipinski definition) is 1. The van der Waals surface area contributed by atoms with Gasteiger partial charge in [-0.2, -0.15) is 0 Å². The van der Waals surface area contributed by atoms with Crippen LogP contribution in [0, 0.1) is 17.2 Å². The molecule has 0 saturated carbocycles. The lowest BCUT2D eigenvalue weighted by molar-refractivity contribution is -0.159. The monoisotopic (exact) mass is 309 g/mol. The number of likely N-dealkylation sites (tertiary alicyclic amines) is 1. The Morgan fingerprint density at radius 2 is 2.41 bits per heavy atom. The van der Waals surface area contributed by atoms with E-state index in [1.165, 1.54) is 7.11 Å². The van der Waals surface area contributed by atoms with Crippen LogP contribution in [-0.2, 0) is 16.1 Å². The second-order valence-electron chi connectivity index (χ2n) is 6.10. The summed E-state index contributed by atoms with van der Waals surface area (Å²) in [4.78, 5) is 13.7. The Morgan fingerprint density at radius 3 is 3.09 bits per heavy atom. The molecule has 22 heavy (non-hydrogen) atoms. The van der Waals surface area contributed by atoms with Crippen molar-refractivity contribution in [1.82, 2.24) is 4.90 Å². The summed E-state index contributed by atoms with van der Waals surface area (Å²) in [7, 11) is 1.43. The molecule has 2 heterocycles. The summed E-state index contributed by atoms with van der Waals surface area (Å²) in [6.45, 7) is 2.27. The van der Waals surface area contributed by atoms with Crippen LogP contribution in [0.25, 0.3) is 0 Å². The van der Waals surface area contributed by atoms with Crippen LogP contribution in [0.5, 0.6) is 5.75 Å². The molecule has 1 N–H and O–H groups in total. The van der Waals surface area contributed by atoms with Crippen molar-refractivity contribution in [2.24, 2.45) is 11.3 Å². The van der Waals surface area contributed by atoms with Crippen LogP contribution in [-0.4, -0.2) is 49.4 Å². The lowest BCUT2D eigenvalue weighted by atomic mass is 9.76. The number of halogens is 1. The van der Waals surface area contributed by atoms with E-state index in [4.69, 9.17) is 9.47 Å². The molecule has 2 atom stereocenters. The molecule has 2 aliphatic rings. The van der Waals surface area contributed by atoms with E-state index in [0.717, 1.165) is 6.42 Å². The summed E-state index contributed by atoms with van der Waals surface area (Å²) in [5.41, 5.74) is -0.326. The van der Waals surface area contributed by atoms with Crippen molar-refractivity contribution in [3.63, 3.8) is 0 Å².